The topological polar surface area (TPSA) is 76.0 Å². The number of hydrogen-bond acceptors (Lipinski definition) is 3. The first kappa shape index (κ1) is 22.8. The summed E-state index contributed by atoms with van der Waals surface area (Å²) in [6, 6.07) is 8.38. The summed E-state index contributed by atoms with van der Waals surface area (Å²) in [5.74, 6) is -2.24. The number of amides is 2. The van der Waals surface area contributed by atoms with Crippen LogP contribution in [0.4, 0.5) is 37.7 Å². The number of carbonyl (C=O) groups excluding carboxylic acids is 2. The molecule has 2 aromatic carbocycles. The molecule has 0 unspecified atom stereocenters. The number of halogens is 6. The molecule has 0 aliphatic rings. The van der Waals surface area contributed by atoms with Gasteiger partial charge in [-0.25, -0.2) is 0 Å². The van der Waals surface area contributed by atoms with Crippen molar-refractivity contribution in [1.82, 2.24) is 9.78 Å². The average Bonchev–Trinajstić information content (AvgIpc) is 3.09. The van der Waals surface area contributed by atoms with E-state index in [0.29, 0.717) is 0 Å². The largest absolute Gasteiger partial charge is 0.418 e. The lowest BCUT2D eigenvalue weighted by atomic mass is 10.1. The lowest BCUT2D eigenvalue weighted by Crippen LogP contribution is -2.22. The maximum Gasteiger partial charge on any atom is 0.418 e. The highest BCUT2D eigenvalue weighted by Crippen LogP contribution is 2.36. The number of rotatable bonds is 4. The molecule has 3 rings (SSSR count). The number of aromatic nitrogens is 2. The van der Waals surface area contributed by atoms with Crippen molar-refractivity contribution in [2.45, 2.75) is 12.4 Å². The lowest BCUT2D eigenvalue weighted by Gasteiger charge is -2.14. The first-order valence-corrected chi connectivity index (χ1v) is 8.86. The van der Waals surface area contributed by atoms with Gasteiger partial charge in [0.1, 0.15) is 0 Å². The minimum Gasteiger partial charge on any atom is -0.321 e. The zero-order valence-corrected chi connectivity index (χ0v) is 16.2. The summed E-state index contributed by atoms with van der Waals surface area (Å²) < 4.78 is 80.0. The van der Waals surface area contributed by atoms with Gasteiger partial charge in [-0.05, 0) is 24.3 Å². The summed E-state index contributed by atoms with van der Waals surface area (Å²) in [6.45, 7) is 0. The molecule has 0 saturated carbocycles. The molecular weight excluding hydrogens is 442 g/mol. The number of benzene rings is 2. The molecule has 0 atom stereocenters. The standard InChI is InChI=1S/C20H14F6N4O2/c1-30-10-11(17(31)27-14-8-4-2-6-12(14)19(21,22)23)16(29-30)18(32)28-15-9-5-3-7-13(15)20(24,25)26/h2-10H,1H3,(H,27,31)(H,28,32). The Morgan fingerprint density at radius 2 is 1.22 bits per heavy atom. The summed E-state index contributed by atoms with van der Waals surface area (Å²) in [5.41, 5.74) is -4.33. The summed E-state index contributed by atoms with van der Waals surface area (Å²) in [5, 5.41) is 7.89. The lowest BCUT2D eigenvalue weighted by molar-refractivity contribution is -0.137. The SMILES string of the molecule is Cn1cc(C(=O)Nc2ccccc2C(F)(F)F)c(C(=O)Nc2ccccc2C(F)(F)F)n1. The third kappa shape index (κ3) is 4.90. The van der Waals surface area contributed by atoms with Crippen LogP contribution in [0.5, 0.6) is 0 Å². The monoisotopic (exact) mass is 456 g/mol. The normalized spacial score (nSPS) is 11.8. The fourth-order valence-corrected chi connectivity index (χ4v) is 2.87. The number of carbonyl (C=O) groups is 2. The second kappa shape index (κ2) is 8.36. The van der Waals surface area contributed by atoms with E-state index in [1.807, 2.05) is 5.32 Å². The molecule has 1 heterocycles. The van der Waals surface area contributed by atoms with Gasteiger partial charge in [0.05, 0.1) is 28.1 Å². The van der Waals surface area contributed by atoms with Gasteiger partial charge in [0.25, 0.3) is 11.8 Å². The number of nitrogens with one attached hydrogen (secondary N) is 2. The maximum atomic E-state index is 13.2. The van der Waals surface area contributed by atoms with E-state index in [1.165, 1.54) is 19.2 Å². The molecule has 0 spiro atoms. The molecule has 0 saturated heterocycles. The Morgan fingerprint density at radius 1 is 0.781 bits per heavy atom. The Balaban J connectivity index is 1.91. The van der Waals surface area contributed by atoms with Gasteiger partial charge >= 0.3 is 12.4 Å². The van der Waals surface area contributed by atoms with E-state index in [9.17, 15) is 35.9 Å². The first-order valence-electron chi connectivity index (χ1n) is 8.86. The number of anilines is 2. The Hall–Kier alpha value is -3.83. The fourth-order valence-electron chi connectivity index (χ4n) is 2.87. The molecule has 168 valence electrons. The van der Waals surface area contributed by atoms with Crippen molar-refractivity contribution in [2.24, 2.45) is 7.05 Å². The van der Waals surface area contributed by atoms with E-state index in [4.69, 9.17) is 0 Å². The van der Waals surface area contributed by atoms with Crippen molar-refractivity contribution in [3.05, 3.63) is 77.1 Å². The number of para-hydroxylation sites is 2. The van der Waals surface area contributed by atoms with Gasteiger partial charge in [0.15, 0.2) is 5.69 Å². The summed E-state index contributed by atoms with van der Waals surface area (Å²) >= 11 is 0. The Kier molecular flexibility index (Phi) is 5.97. The van der Waals surface area contributed by atoms with E-state index in [-0.39, 0.29) is 0 Å². The first-order chi connectivity index (χ1) is 14.9. The van der Waals surface area contributed by atoms with Crippen LogP contribution in [0.2, 0.25) is 0 Å². The number of aryl methyl sites for hydroxylation is 1. The minimum atomic E-state index is -4.75. The van der Waals surface area contributed by atoms with E-state index >= 15 is 0 Å². The van der Waals surface area contributed by atoms with Crippen molar-refractivity contribution in [3.8, 4) is 0 Å². The zero-order chi connectivity index (χ0) is 23.7. The Bertz CT molecular complexity index is 1080. The summed E-state index contributed by atoms with van der Waals surface area (Å²) in [7, 11) is 1.33. The van der Waals surface area contributed by atoms with Crippen molar-refractivity contribution >= 4 is 23.2 Å². The predicted octanol–water partition coefficient (Wildman–Crippen LogP) is 4.96. The van der Waals surface area contributed by atoms with Crippen molar-refractivity contribution in [3.63, 3.8) is 0 Å². The number of alkyl halides is 6. The highest BCUT2D eigenvalue weighted by molar-refractivity contribution is 6.14. The minimum absolute atomic E-state index is 0.425. The molecule has 0 radical (unpaired) electrons. The van der Waals surface area contributed by atoms with Crippen molar-refractivity contribution < 1.29 is 35.9 Å². The predicted molar refractivity (Wildman–Crippen MR) is 102 cm³/mol. The smallest absolute Gasteiger partial charge is 0.321 e. The van der Waals surface area contributed by atoms with Crippen LogP contribution in [0.1, 0.15) is 32.0 Å². The van der Waals surface area contributed by atoms with Crippen LogP contribution in [0.3, 0.4) is 0 Å². The molecule has 2 N–H and O–H groups in total. The van der Waals surface area contributed by atoms with E-state index in [2.05, 4.69) is 10.4 Å². The Morgan fingerprint density at radius 3 is 1.69 bits per heavy atom. The van der Waals surface area contributed by atoms with Gasteiger partial charge in [-0.3, -0.25) is 14.3 Å². The highest BCUT2D eigenvalue weighted by Gasteiger charge is 2.35. The van der Waals surface area contributed by atoms with E-state index in [0.717, 1.165) is 47.3 Å². The summed E-state index contributed by atoms with van der Waals surface area (Å²) in [4.78, 5) is 25.2. The summed E-state index contributed by atoms with van der Waals surface area (Å²) in [6.07, 6.45) is -8.44. The molecule has 0 aliphatic carbocycles. The van der Waals surface area contributed by atoms with Crippen LogP contribution in [0.25, 0.3) is 0 Å². The van der Waals surface area contributed by atoms with Crippen LogP contribution in [0.15, 0.2) is 54.7 Å². The molecule has 2 amide bonds. The average molecular weight is 456 g/mol. The van der Waals surface area contributed by atoms with Gasteiger partial charge in [-0.2, -0.15) is 31.4 Å². The third-order valence-electron chi connectivity index (χ3n) is 4.25. The molecule has 6 nitrogen and oxygen atoms in total. The molecule has 3 aromatic rings. The van der Waals surface area contributed by atoms with E-state index in [1.54, 1.807) is 0 Å². The number of hydrogen-bond donors (Lipinski definition) is 2. The molecule has 12 heteroatoms. The van der Waals surface area contributed by atoms with Crippen molar-refractivity contribution in [2.75, 3.05) is 10.6 Å². The van der Waals surface area contributed by atoms with E-state index < -0.39 is 57.9 Å². The second-order valence-corrected chi connectivity index (χ2v) is 6.56. The van der Waals surface area contributed by atoms with Gasteiger partial charge in [0.2, 0.25) is 0 Å². The van der Waals surface area contributed by atoms with Crippen LogP contribution in [-0.2, 0) is 19.4 Å². The van der Waals surface area contributed by atoms with Gasteiger partial charge < -0.3 is 10.6 Å². The van der Waals surface area contributed by atoms with Crippen LogP contribution < -0.4 is 10.6 Å². The molecular formula is C20H14F6N4O2. The number of nitrogens with zero attached hydrogens (tertiary/aromatic N) is 2. The van der Waals surface area contributed by atoms with Crippen LogP contribution in [-0.4, -0.2) is 21.6 Å². The quantitative estimate of drug-likeness (QED) is 0.545. The van der Waals surface area contributed by atoms with Crippen LogP contribution in [0, 0.1) is 0 Å². The molecule has 32 heavy (non-hydrogen) atoms. The highest BCUT2D eigenvalue weighted by atomic mass is 19.4. The third-order valence-corrected chi connectivity index (χ3v) is 4.25. The molecule has 0 fully saturated rings. The molecule has 0 bridgehead atoms. The maximum absolute atomic E-state index is 13.2. The zero-order valence-electron chi connectivity index (χ0n) is 16.2. The molecule has 0 aliphatic heterocycles. The Labute approximate surface area is 176 Å². The van der Waals surface area contributed by atoms with Crippen molar-refractivity contribution in [1.29, 1.82) is 0 Å². The second-order valence-electron chi connectivity index (χ2n) is 6.56. The van der Waals surface area contributed by atoms with Gasteiger partial charge in [0, 0.05) is 13.2 Å². The van der Waals surface area contributed by atoms with Gasteiger partial charge in [-0.15, -0.1) is 0 Å². The van der Waals surface area contributed by atoms with Gasteiger partial charge in [-0.1, -0.05) is 24.3 Å². The fraction of sp³-hybridized carbons (Fsp3) is 0.150. The molecule has 1 aromatic heterocycles. The van der Waals surface area contributed by atoms with Crippen LogP contribution >= 0.6 is 0 Å².